The molecule has 1 N–H and O–H groups in total. The summed E-state index contributed by atoms with van der Waals surface area (Å²) < 4.78 is 1.16. The van der Waals surface area contributed by atoms with Gasteiger partial charge in [0.2, 0.25) is 0 Å². The number of hydrogen-bond acceptors (Lipinski definition) is 4. The largest absolute Gasteiger partial charge is 0.351 e. The van der Waals surface area contributed by atoms with Gasteiger partial charge in [0.25, 0.3) is 0 Å². The van der Waals surface area contributed by atoms with Crippen LogP contribution in [0, 0.1) is 3.57 Å². The summed E-state index contributed by atoms with van der Waals surface area (Å²) in [5, 5.41) is 3.57. The number of anilines is 1. The Labute approximate surface area is 115 Å². The van der Waals surface area contributed by atoms with Gasteiger partial charge in [0.1, 0.15) is 12.1 Å². The van der Waals surface area contributed by atoms with Crippen LogP contribution in [-0.4, -0.2) is 35.1 Å². The van der Waals surface area contributed by atoms with Crippen molar-refractivity contribution in [1.29, 1.82) is 0 Å². The van der Waals surface area contributed by atoms with Crippen LogP contribution in [0.15, 0.2) is 12.5 Å². The Morgan fingerprint density at radius 1 is 1.41 bits per heavy atom. The smallest absolute Gasteiger partial charge is 0.145 e. The number of aromatic nitrogens is 2. The topological polar surface area (TPSA) is 41.1 Å². The highest BCUT2D eigenvalue weighted by molar-refractivity contribution is 14.1. The number of hydrogen-bond donors (Lipinski definition) is 1. The lowest BCUT2D eigenvalue weighted by Crippen LogP contribution is -2.39. The maximum atomic E-state index is 4.46. The summed E-state index contributed by atoms with van der Waals surface area (Å²) in [6, 6.07) is 1.35. The fourth-order valence-electron chi connectivity index (χ4n) is 2.46. The Morgan fingerprint density at radius 3 is 2.94 bits per heavy atom. The Hall–Kier alpha value is -0.430. The van der Waals surface area contributed by atoms with Crippen LogP contribution in [0.2, 0.25) is 0 Å². The molecule has 1 atom stereocenters. The van der Waals surface area contributed by atoms with Gasteiger partial charge in [-0.15, -0.1) is 0 Å². The molecule has 0 radical (unpaired) electrons. The van der Waals surface area contributed by atoms with E-state index >= 15 is 0 Å². The van der Waals surface area contributed by atoms with Crippen LogP contribution in [0.1, 0.15) is 25.7 Å². The van der Waals surface area contributed by atoms with Crippen LogP contribution < -0.4 is 10.2 Å². The van der Waals surface area contributed by atoms with E-state index in [1.165, 1.54) is 32.2 Å². The molecule has 17 heavy (non-hydrogen) atoms. The van der Waals surface area contributed by atoms with Crippen LogP contribution in [-0.2, 0) is 0 Å². The molecule has 0 amide bonds. The van der Waals surface area contributed by atoms with Gasteiger partial charge in [0.05, 0.1) is 3.57 Å². The minimum Gasteiger partial charge on any atom is -0.351 e. The van der Waals surface area contributed by atoms with Gasteiger partial charge in [0, 0.05) is 24.8 Å². The van der Waals surface area contributed by atoms with Crippen molar-refractivity contribution >= 4 is 28.4 Å². The highest BCUT2D eigenvalue weighted by Crippen LogP contribution is 2.33. The lowest BCUT2D eigenvalue weighted by molar-refractivity contribution is 0.574. The van der Waals surface area contributed by atoms with E-state index in [-0.39, 0.29) is 0 Å². The maximum absolute atomic E-state index is 4.46. The second kappa shape index (κ2) is 5.06. The molecule has 2 heterocycles. The molecule has 0 aromatic carbocycles. The average molecular weight is 344 g/mol. The molecule has 1 unspecified atom stereocenters. The van der Waals surface area contributed by atoms with Crippen LogP contribution in [0.3, 0.4) is 0 Å². The monoisotopic (exact) mass is 344 g/mol. The third-order valence-electron chi connectivity index (χ3n) is 3.49. The Kier molecular flexibility index (Phi) is 3.46. The summed E-state index contributed by atoms with van der Waals surface area (Å²) in [4.78, 5) is 11.0. The summed E-state index contributed by atoms with van der Waals surface area (Å²) in [6.45, 7) is 2.27. The fourth-order valence-corrected chi connectivity index (χ4v) is 3.07. The molecular formula is C12H17IN4. The van der Waals surface area contributed by atoms with Crippen molar-refractivity contribution in [3.63, 3.8) is 0 Å². The summed E-state index contributed by atoms with van der Waals surface area (Å²) in [6.07, 6.45) is 8.80. The number of nitrogens with one attached hydrogen (secondary N) is 1. The van der Waals surface area contributed by atoms with Crippen molar-refractivity contribution in [2.75, 3.05) is 18.0 Å². The van der Waals surface area contributed by atoms with Crippen molar-refractivity contribution in [3.8, 4) is 0 Å². The Balaban J connectivity index is 1.77. The molecule has 92 valence electrons. The van der Waals surface area contributed by atoms with Gasteiger partial charge in [-0.05, 0) is 54.8 Å². The predicted octanol–water partition coefficient (Wildman–Crippen LogP) is 1.80. The quantitative estimate of drug-likeness (QED) is 0.846. The minimum atomic E-state index is 0.640. The van der Waals surface area contributed by atoms with E-state index < -0.39 is 0 Å². The van der Waals surface area contributed by atoms with Crippen molar-refractivity contribution in [2.45, 2.75) is 37.8 Å². The van der Waals surface area contributed by atoms with E-state index in [4.69, 9.17) is 0 Å². The van der Waals surface area contributed by atoms with Crippen molar-refractivity contribution in [1.82, 2.24) is 15.3 Å². The van der Waals surface area contributed by atoms with Gasteiger partial charge < -0.3 is 10.2 Å². The summed E-state index contributed by atoms with van der Waals surface area (Å²) in [7, 11) is 0. The van der Waals surface area contributed by atoms with Gasteiger partial charge in [-0.1, -0.05) is 0 Å². The van der Waals surface area contributed by atoms with E-state index in [1.807, 2.05) is 6.20 Å². The zero-order valence-corrected chi connectivity index (χ0v) is 11.9. The van der Waals surface area contributed by atoms with Crippen LogP contribution in [0.4, 0.5) is 5.82 Å². The molecule has 1 aliphatic carbocycles. The molecular weight excluding hydrogens is 327 g/mol. The number of nitrogens with zero attached hydrogens (tertiary/aromatic N) is 3. The van der Waals surface area contributed by atoms with Crippen molar-refractivity contribution < 1.29 is 0 Å². The summed E-state index contributed by atoms with van der Waals surface area (Å²) in [5.41, 5.74) is 0. The van der Waals surface area contributed by atoms with Crippen LogP contribution in [0.25, 0.3) is 0 Å². The highest BCUT2D eigenvalue weighted by atomic mass is 127. The molecule has 5 heteroatoms. The van der Waals surface area contributed by atoms with Gasteiger partial charge in [0.15, 0.2) is 0 Å². The summed E-state index contributed by atoms with van der Waals surface area (Å²) >= 11 is 2.34. The third-order valence-corrected chi connectivity index (χ3v) is 4.25. The molecule has 1 aliphatic heterocycles. The van der Waals surface area contributed by atoms with Gasteiger partial charge in [-0.25, -0.2) is 9.97 Å². The lowest BCUT2D eigenvalue weighted by atomic mass is 10.2. The lowest BCUT2D eigenvalue weighted by Gasteiger charge is -2.27. The van der Waals surface area contributed by atoms with E-state index in [0.717, 1.165) is 15.9 Å². The zero-order valence-electron chi connectivity index (χ0n) is 9.77. The highest BCUT2D eigenvalue weighted by Gasteiger charge is 2.33. The van der Waals surface area contributed by atoms with E-state index in [0.29, 0.717) is 12.1 Å². The molecule has 1 saturated heterocycles. The second-order valence-corrected chi connectivity index (χ2v) is 6.03. The Morgan fingerprint density at radius 2 is 2.29 bits per heavy atom. The minimum absolute atomic E-state index is 0.640. The van der Waals surface area contributed by atoms with Crippen molar-refractivity contribution in [3.05, 3.63) is 16.1 Å². The fraction of sp³-hybridized carbons (Fsp3) is 0.667. The first-order valence-corrected chi connectivity index (χ1v) is 7.38. The number of rotatable bonds is 4. The molecule has 1 aromatic rings. The Bertz CT molecular complexity index is 388. The first kappa shape index (κ1) is 11.6. The predicted molar refractivity (Wildman–Crippen MR) is 76.1 cm³/mol. The third kappa shape index (κ3) is 2.70. The SMILES string of the molecule is Ic1cncnc1N(CC1CCCN1)C1CC1. The molecule has 4 nitrogen and oxygen atoms in total. The molecule has 1 saturated carbocycles. The van der Waals surface area contributed by atoms with E-state index in [1.54, 1.807) is 6.33 Å². The van der Waals surface area contributed by atoms with Gasteiger partial charge in [-0.2, -0.15) is 0 Å². The molecule has 0 spiro atoms. The number of halogens is 1. The van der Waals surface area contributed by atoms with Gasteiger partial charge in [-0.3, -0.25) is 0 Å². The molecule has 3 rings (SSSR count). The van der Waals surface area contributed by atoms with Crippen LogP contribution in [0.5, 0.6) is 0 Å². The normalized spacial score (nSPS) is 23.9. The van der Waals surface area contributed by atoms with Crippen LogP contribution >= 0.6 is 22.6 Å². The molecule has 2 fully saturated rings. The van der Waals surface area contributed by atoms with Crippen molar-refractivity contribution in [2.24, 2.45) is 0 Å². The second-order valence-electron chi connectivity index (χ2n) is 4.87. The average Bonchev–Trinajstić information content (AvgIpc) is 3.05. The molecule has 2 aliphatic rings. The van der Waals surface area contributed by atoms with E-state index in [2.05, 4.69) is 42.8 Å². The molecule has 0 bridgehead atoms. The molecule has 1 aromatic heterocycles. The summed E-state index contributed by atoms with van der Waals surface area (Å²) in [5.74, 6) is 1.12. The zero-order chi connectivity index (χ0) is 11.7. The first-order chi connectivity index (χ1) is 8.34. The standard InChI is InChI=1S/C12H17IN4/c13-11-6-14-8-16-12(11)17(10-3-4-10)7-9-2-1-5-15-9/h6,8-10,15H,1-5,7H2. The first-order valence-electron chi connectivity index (χ1n) is 6.30. The maximum Gasteiger partial charge on any atom is 0.145 e. The van der Waals surface area contributed by atoms with E-state index in [9.17, 15) is 0 Å². The van der Waals surface area contributed by atoms with Gasteiger partial charge >= 0.3 is 0 Å².